The van der Waals surface area contributed by atoms with Gasteiger partial charge in [0.25, 0.3) is 0 Å². The molecule has 0 saturated heterocycles. The molecule has 0 aliphatic heterocycles. The predicted molar refractivity (Wildman–Crippen MR) is 106 cm³/mol. The summed E-state index contributed by atoms with van der Waals surface area (Å²) in [5.74, 6) is 0.546. The highest BCUT2D eigenvalue weighted by Gasteiger charge is 2.13. The lowest BCUT2D eigenvalue weighted by molar-refractivity contribution is -0.142. The van der Waals surface area contributed by atoms with Crippen molar-refractivity contribution in [2.24, 2.45) is 0 Å². The molecule has 5 nitrogen and oxygen atoms in total. The van der Waals surface area contributed by atoms with E-state index in [1.807, 2.05) is 23.9 Å². The van der Waals surface area contributed by atoms with Crippen molar-refractivity contribution in [3.8, 4) is 0 Å². The van der Waals surface area contributed by atoms with Gasteiger partial charge in [-0.3, -0.25) is 4.79 Å². The van der Waals surface area contributed by atoms with Gasteiger partial charge < -0.3 is 9.47 Å². The van der Waals surface area contributed by atoms with Crippen LogP contribution in [0.2, 0.25) is 25.7 Å². The van der Waals surface area contributed by atoms with Crippen molar-refractivity contribution in [1.82, 2.24) is 9.78 Å². The lowest BCUT2D eigenvalue weighted by Gasteiger charge is -2.15. The third kappa shape index (κ3) is 6.49. The third-order valence-electron chi connectivity index (χ3n) is 3.70. The van der Waals surface area contributed by atoms with Crippen LogP contribution in [-0.2, 0) is 21.0 Å². The molecule has 0 fully saturated rings. The molecule has 0 bridgehead atoms. The molecule has 138 valence electrons. The van der Waals surface area contributed by atoms with Crippen molar-refractivity contribution in [1.29, 1.82) is 0 Å². The van der Waals surface area contributed by atoms with E-state index in [0.717, 1.165) is 28.4 Å². The van der Waals surface area contributed by atoms with Crippen LogP contribution in [0.1, 0.15) is 13.3 Å². The van der Waals surface area contributed by atoms with Gasteiger partial charge in [-0.2, -0.15) is 5.10 Å². The molecule has 2 rings (SSSR count). The Balaban J connectivity index is 1.98. The standard InChI is InChI=1S/C18H28N2O3SSi/c1-5-23-17(21)9-11-24-16-8-6-7-15-13-19-20(18(15)16)14-22-10-12-25(2,3)4/h6-8,13H,5,9-12,14H2,1-4H3. The summed E-state index contributed by atoms with van der Waals surface area (Å²) in [4.78, 5) is 12.6. The van der Waals surface area contributed by atoms with E-state index < -0.39 is 8.07 Å². The monoisotopic (exact) mass is 380 g/mol. The quantitative estimate of drug-likeness (QED) is 0.265. The van der Waals surface area contributed by atoms with Gasteiger partial charge in [0.1, 0.15) is 6.73 Å². The van der Waals surface area contributed by atoms with Crippen LogP contribution in [0.15, 0.2) is 29.3 Å². The van der Waals surface area contributed by atoms with Gasteiger partial charge >= 0.3 is 5.97 Å². The molecule has 0 aliphatic rings. The predicted octanol–water partition coefficient (Wildman–Crippen LogP) is 4.39. The van der Waals surface area contributed by atoms with E-state index in [-0.39, 0.29) is 5.97 Å². The largest absolute Gasteiger partial charge is 0.466 e. The normalized spacial score (nSPS) is 11.8. The number of aromatic nitrogens is 2. The van der Waals surface area contributed by atoms with Crippen molar-refractivity contribution >= 4 is 36.7 Å². The molecule has 2 aromatic rings. The molecular weight excluding hydrogens is 352 g/mol. The molecular formula is C18H28N2O3SSi. The van der Waals surface area contributed by atoms with Crippen molar-refractivity contribution in [3.63, 3.8) is 0 Å². The van der Waals surface area contributed by atoms with Crippen molar-refractivity contribution in [2.45, 2.75) is 50.7 Å². The maximum atomic E-state index is 11.5. The number of rotatable bonds is 10. The zero-order valence-corrected chi connectivity index (χ0v) is 17.4. The first-order valence-electron chi connectivity index (χ1n) is 8.71. The minimum absolute atomic E-state index is 0.148. The zero-order valence-electron chi connectivity index (χ0n) is 15.6. The van der Waals surface area contributed by atoms with Crippen LogP contribution in [0.25, 0.3) is 10.9 Å². The van der Waals surface area contributed by atoms with Gasteiger partial charge in [-0.1, -0.05) is 31.8 Å². The lowest BCUT2D eigenvalue weighted by atomic mass is 10.2. The zero-order chi connectivity index (χ0) is 18.3. The Morgan fingerprint density at radius 1 is 1.32 bits per heavy atom. The number of benzene rings is 1. The maximum absolute atomic E-state index is 11.5. The summed E-state index contributed by atoms with van der Waals surface area (Å²) >= 11 is 1.66. The number of nitrogens with zero attached hydrogens (tertiary/aromatic N) is 2. The molecule has 1 aromatic carbocycles. The Hall–Kier alpha value is -1.31. The molecule has 0 saturated carbocycles. The van der Waals surface area contributed by atoms with Gasteiger partial charge in [0.05, 0.1) is 24.7 Å². The Bertz CT molecular complexity index is 697. The second-order valence-electron chi connectivity index (χ2n) is 7.09. The average molecular weight is 381 g/mol. The molecule has 0 radical (unpaired) electrons. The number of fused-ring (bicyclic) bond motifs is 1. The van der Waals surface area contributed by atoms with Crippen molar-refractivity contribution in [3.05, 3.63) is 24.4 Å². The molecule has 0 spiro atoms. The van der Waals surface area contributed by atoms with Crippen LogP contribution in [0.5, 0.6) is 0 Å². The summed E-state index contributed by atoms with van der Waals surface area (Å²) in [6.45, 7) is 10.5. The maximum Gasteiger partial charge on any atom is 0.306 e. The Labute approximate surface area is 155 Å². The molecule has 0 N–H and O–H groups in total. The lowest BCUT2D eigenvalue weighted by Crippen LogP contribution is -2.22. The van der Waals surface area contributed by atoms with E-state index in [0.29, 0.717) is 25.5 Å². The average Bonchev–Trinajstić information content (AvgIpc) is 2.95. The topological polar surface area (TPSA) is 53.3 Å². The van der Waals surface area contributed by atoms with Crippen LogP contribution in [0, 0.1) is 0 Å². The second kappa shape index (κ2) is 9.40. The first kappa shape index (κ1) is 20.0. The molecule has 0 amide bonds. The SMILES string of the molecule is CCOC(=O)CCSc1cccc2cnn(COCC[Si](C)(C)C)c12. The molecule has 0 atom stereocenters. The van der Waals surface area contributed by atoms with Crippen molar-refractivity contribution in [2.75, 3.05) is 19.0 Å². The van der Waals surface area contributed by atoms with Crippen LogP contribution < -0.4 is 0 Å². The van der Waals surface area contributed by atoms with Crippen LogP contribution in [0.3, 0.4) is 0 Å². The Kier molecular flexibility index (Phi) is 7.52. The first-order valence-corrected chi connectivity index (χ1v) is 13.4. The molecule has 7 heteroatoms. The summed E-state index contributed by atoms with van der Waals surface area (Å²) in [7, 11) is -1.08. The number of thioether (sulfide) groups is 1. The van der Waals surface area contributed by atoms with Gasteiger partial charge in [-0.25, -0.2) is 4.68 Å². The van der Waals surface area contributed by atoms with E-state index in [1.54, 1.807) is 11.8 Å². The van der Waals surface area contributed by atoms with Crippen LogP contribution in [0.4, 0.5) is 0 Å². The molecule has 1 aromatic heterocycles. The van der Waals surface area contributed by atoms with Gasteiger partial charge in [-0.15, -0.1) is 11.8 Å². The highest BCUT2D eigenvalue weighted by Crippen LogP contribution is 2.28. The third-order valence-corrected chi connectivity index (χ3v) is 6.46. The van der Waals surface area contributed by atoms with E-state index in [9.17, 15) is 4.79 Å². The van der Waals surface area contributed by atoms with Crippen LogP contribution >= 0.6 is 11.8 Å². The highest BCUT2D eigenvalue weighted by molar-refractivity contribution is 7.99. The number of hydrogen-bond acceptors (Lipinski definition) is 5. The molecule has 0 aliphatic carbocycles. The fraction of sp³-hybridized carbons (Fsp3) is 0.556. The summed E-state index contributed by atoms with van der Waals surface area (Å²) < 4.78 is 12.7. The summed E-state index contributed by atoms with van der Waals surface area (Å²) in [6, 6.07) is 7.29. The summed E-state index contributed by atoms with van der Waals surface area (Å²) in [6.07, 6.45) is 2.28. The number of esters is 1. The Morgan fingerprint density at radius 2 is 2.12 bits per heavy atom. The van der Waals surface area contributed by atoms with Crippen molar-refractivity contribution < 1.29 is 14.3 Å². The number of hydrogen-bond donors (Lipinski definition) is 0. The number of para-hydroxylation sites is 1. The molecule has 1 heterocycles. The Morgan fingerprint density at radius 3 is 2.84 bits per heavy atom. The first-order chi connectivity index (χ1) is 11.9. The van der Waals surface area contributed by atoms with Crippen LogP contribution in [-0.4, -0.2) is 42.8 Å². The van der Waals surface area contributed by atoms with Gasteiger partial charge in [-0.05, 0) is 19.0 Å². The second-order valence-corrected chi connectivity index (χ2v) is 13.8. The van der Waals surface area contributed by atoms with Gasteiger partial charge in [0.2, 0.25) is 0 Å². The minimum atomic E-state index is -1.08. The van der Waals surface area contributed by atoms with E-state index in [2.05, 4.69) is 36.9 Å². The molecule has 0 unspecified atom stereocenters. The number of carbonyl (C=O) groups excluding carboxylic acids is 1. The fourth-order valence-electron chi connectivity index (χ4n) is 2.33. The summed E-state index contributed by atoms with van der Waals surface area (Å²) in [5.41, 5.74) is 1.07. The van der Waals surface area contributed by atoms with Gasteiger partial charge in [0.15, 0.2) is 0 Å². The van der Waals surface area contributed by atoms with E-state index in [4.69, 9.17) is 9.47 Å². The minimum Gasteiger partial charge on any atom is -0.466 e. The fourth-order valence-corrected chi connectivity index (χ4v) is 4.11. The van der Waals surface area contributed by atoms with E-state index in [1.165, 1.54) is 0 Å². The number of ether oxygens (including phenoxy) is 2. The number of carbonyl (C=O) groups is 1. The highest BCUT2D eigenvalue weighted by atomic mass is 32.2. The molecule has 25 heavy (non-hydrogen) atoms. The summed E-state index contributed by atoms with van der Waals surface area (Å²) in [5, 5.41) is 5.55. The smallest absolute Gasteiger partial charge is 0.306 e. The van der Waals surface area contributed by atoms with Gasteiger partial charge in [0, 0.05) is 30.7 Å². The van der Waals surface area contributed by atoms with E-state index >= 15 is 0 Å².